The highest BCUT2D eigenvalue weighted by Gasteiger charge is 2.00. The van der Waals surface area contributed by atoms with Crippen LogP contribution in [0.3, 0.4) is 0 Å². The smallest absolute Gasteiger partial charge is 0.333 e. The van der Waals surface area contributed by atoms with E-state index in [4.69, 9.17) is 9.84 Å². The molecular formula is C16H26O6. The number of ether oxygens (including phenoxy) is 2. The first-order chi connectivity index (χ1) is 10.1. The van der Waals surface area contributed by atoms with E-state index in [-0.39, 0.29) is 11.5 Å². The van der Waals surface area contributed by atoms with Gasteiger partial charge in [-0.3, -0.25) is 0 Å². The summed E-state index contributed by atoms with van der Waals surface area (Å²) in [5, 5.41) is 7.89. The van der Waals surface area contributed by atoms with Gasteiger partial charge >= 0.3 is 17.9 Å². The number of carbonyl (C=O) groups excluding carboxylic acids is 2. The number of unbranched alkanes of at least 4 members (excludes halogenated alkanes) is 1. The molecule has 0 atom stereocenters. The van der Waals surface area contributed by atoms with E-state index in [9.17, 15) is 14.4 Å². The Morgan fingerprint density at radius 2 is 1.59 bits per heavy atom. The van der Waals surface area contributed by atoms with Crippen LogP contribution >= 0.6 is 0 Å². The Bertz CT molecular complexity index is 381. The van der Waals surface area contributed by atoms with Crippen LogP contribution in [-0.2, 0) is 23.9 Å². The van der Waals surface area contributed by atoms with Gasteiger partial charge in [-0.05, 0) is 20.3 Å². The minimum absolute atomic E-state index is 0.176. The van der Waals surface area contributed by atoms with Crippen LogP contribution in [0.4, 0.5) is 0 Å². The molecule has 0 aliphatic heterocycles. The molecule has 6 heteroatoms. The second kappa shape index (κ2) is 16.7. The summed E-state index contributed by atoms with van der Waals surface area (Å²) in [6, 6.07) is 0. The van der Waals surface area contributed by atoms with Crippen LogP contribution < -0.4 is 0 Å². The van der Waals surface area contributed by atoms with Crippen LogP contribution in [-0.4, -0.2) is 36.7 Å². The third-order valence-electron chi connectivity index (χ3n) is 1.81. The lowest BCUT2D eigenvalue weighted by atomic mass is 10.3. The van der Waals surface area contributed by atoms with Crippen molar-refractivity contribution in [1.29, 1.82) is 0 Å². The molecule has 0 rings (SSSR count). The molecule has 0 unspecified atom stereocenters. The summed E-state index contributed by atoms with van der Waals surface area (Å²) in [7, 11) is 1.31. The van der Waals surface area contributed by atoms with E-state index in [1.165, 1.54) is 14.0 Å². The number of rotatable bonds is 6. The zero-order valence-electron chi connectivity index (χ0n) is 13.8. The number of carboxylic acid groups (broad SMARTS) is 1. The summed E-state index contributed by atoms with van der Waals surface area (Å²) in [5.41, 5.74) is 0.645. The van der Waals surface area contributed by atoms with Crippen molar-refractivity contribution in [2.75, 3.05) is 13.7 Å². The lowest BCUT2D eigenvalue weighted by Gasteiger charge is -2.01. The van der Waals surface area contributed by atoms with Crippen molar-refractivity contribution in [3.8, 4) is 0 Å². The van der Waals surface area contributed by atoms with Gasteiger partial charge in [0.1, 0.15) is 0 Å². The molecule has 0 aliphatic rings. The lowest BCUT2D eigenvalue weighted by Crippen LogP contribution is -2.05. The number of carbonyl (C=O) groups is 3. The number of methoxy groups -OCH3 is 1. The second-order valence-electron chi connectivity index (χ2n) is 4.08. The van der Waals surface area contributed by atoms with Gasteiger partial charge in [0.25, 0.3) is 0 Å². The highest BCUT2D eigenvalue weighted by Crippen LogP contribution is 1.94. The Kier molecular flexibility index (Phi) is 18.7. The molecule has 0 spiro atoms. The molecule has 0 aromatic heterocycles. The fourth-order valence-corrected chi connectivity index (χ4v) is 0.516. The van der Waals surface area contributed by atoms with Crippen molar-refractivity contribution < 1.29 is 29.0 Å². The maximum absolute atomic E-state index is 10.7. The SMILES string of the molecule is C=C(C)C(=O)O.C=C(C)C(=O)OCCCC.C=CC(=O)OC. The van der Waals surface area contributed by atoms with Crippen molar-refractivity contribution in [2.45, 2.75) is 33.6 Å². The number of hydrogen-bond donors (Lipinski definition) is 1. The topological polar surface area (TPSA) is 89.9 Å². The summed E-state index contributed by atoms with van der Waals surface area (Å²) >= 11 is 0. The zero-order valence-corrected chi connectivity index (χ0v) is 13.8. The Labute approximate surface area is 132 Å². The van der Waals surface area contributed by atoms with Crippen LogP contribution in [0.5, 0.6) is 0 Å². The van der Waals surface area contributed by atoms with E-state index in [1.54, 1.807) is 6.92 Å². The molecule has 126 valence electrons. The summed E-state index contributed by atoms with van der Waals surface area (Å²) in [5.74, 6) is -1.61. The molecule has 0 heterocycles. The average Bonchev–Trinajstić information content (AvgIpc) is 2.47. The van der Waals surface area contributed by atoms with Gasteiger partial charge in [-0.15, -0.1) is 0 Å². The quantitative estimate of drug-likeness (QED) is 0.460. The fraction of sp³-hybridized carbons (Fsp3) is 0.438. The van der Waals surface area contributed by atoms with Gasteiger partial charge in [-0.2, -0.15) is 0 Å². The van der Waals surface area contributed by atoms with Gasteiger partial charge in [0.05, 0.1) is 13.7 Å². The van der Waals surface area contributed by atoms with Gasteiger partial charge in [-0.1, -0.05) is 33.1 Å². The molecule has 0 bridgehead atoms. The maximum Gasteiger partial charge on any atom is 0.333 e. The van der Waals surface area contributed by atoms with Crippen LogP contribution in [0.25, 0.3) is 0 Å². The number of carboxylic acids is 1. The number of aliphatic carboxylic acids is 1. The molecule has 6 nitrogen and oxygen atoms in total. The van der Waals surface area contributed by atoms with Gasteiger partial charge in [0.15, 0.2) is 0 Å². The van der Waals surface area contributed by atoms with Gasteiger partial charge in [0, 0.05) is 17.2 Å². The van der Waals surface area contributed by atoms with Crippen molar-refractivity contribution in [1.82, 2.24) is 0 Å². The van der Waals surface area contributed by atoms with Crippen LogP contribution in [0.1, 0.15) is 33.6 Å². The third kappa shape index (κ3) is 22.8. The van der Waals surface area contributed by atoms with Crippen molar-refractivity contribution in [3.63, 3.8) is 0 Å². The van der Waals surface area contributed by atoms with Crippen molar-refractivity contribution in [2.24, 2.45) is 0 Å². The van der Waals surface area contributed by atoms with E-state index in [0.29, 0.717) is 12.2 Å². The van der Waals surface area contributed by atoms with Crippen LogP contribution in [0.15, 0.2) is 37.0 Å². The van der Waals surface area contributed by atoms with Gasteiger partial charge in [-0.25, -0.2) is 14.4 Å². The Hall–Kier alpha value is -2.37. The molecule has 0 saturated heterocycles. The summed E-state index contributed by atoms with van der Waals surface area (Å²) in [6.07, 6.45) is 3.09. The predicted molar refractivity (Wildman–Crippen MR) is 85.3 cm³/mol. The van der Waals surface area contributed by atoms with Gasteiger partial charge in [0.2, 0.25) is 0 Å². The molecule has 0 aliphatic carbocycles. The first-order valence-corrected chi connectivity index (χ1v) is 6.55. The number of esters is 2. The van der Waals surface area contributed by atoms with E-state index < -0.39 is 11.9 Å². The molecule has 1 N–H and O–H groups in total. The van der Waals surface area contributed by atoms with E-state index in [1.807, 2.05) is 0 Å². The monoisotopic (exact) mass is 314 g/mol. The Morgan fingerprint density at radius 3 is 1.77 bits per heavy atom. The molecule has 0 amide bonds. The summed E-state index contributed by atoms with van der Waals surface area (Å²) < 4.78 is 8.95. The first kappa shape index (κ1) is 24.6. The standard InChI is InChI=1S/C8H14O2.2C4H6O2/c1-4-5-6-10-8(9)7(2)3;1-3-4(5)6-2;1-3(2)4(5)6/h2,4-6H2,1,3H3;3H,1H2,2H3;1H2,2H3,(H,5,6). The van der Waals surface area contributed by atoms with E-state index >= 15 is 0 Å². The van der Waals surface area contributed by atoms with E-state index in [0.717, 1.165) is 18.9 Å². The zero-order chi connectivity index (χ0) is 18.1. The van der Waals surface area contributed by atoms with Crippen LogP contribution in [0, 0.1) is 0 Å². The second-order valence-corrected chi connectivity index (χ2v) is 4.08. The van der Waals surface area contributed by atoms with Gasteiger partial charge < -0.3 is 14.6 Å². The minimum atomic E-state index is -0.935. The molecule has 22 heavy (non-hydrogen) atoms. The first-order valence-electron chi connectivity index (χ1n) is 6.55. The van der Waals surface area contributed by atoms with Crippen molar-refractivity contribution >= 4 is 17.9 Å². The molecule has 0 aromatic rings. The highest BCUT2D eigenvalue weighted by atomic mass is 16.5. The molecule has 0 saturated carbocycles. The van der Waals surface area contributed by atoms with Crippen LogP contribution in [0.2, 0.25) is 0 Å². The Balaban J connectivity index is -0.000000261. The third-order valence-corrected chi connectivity index (χ3v) is 1.81. The fourth-order valence-electron chi connectivity index (χ4n) is 0.516. The lowest BCUT2D eigenvalue weighted by molar-refractivity contribution is -0.139. The molecular weight excluding hydrogens is 288 g/mol. The number of hydrogen-bond acceptors (Lipinski definition) is 5. The average molecular weight is 314 g/mol. The molecule has 0 fully saturated rings. The summed E-state index contributed by atoms with van der Waals surface area (Å²) in [4.78, 5) is 30.1. The Morgan fingerprint density at radius 1 is 1.14 bits per heavy atom. The normalized spacial score (nSPS) is 8.00. The minimum Gasteiger partial charge on any atom is -0.478 e. The highest BCUT2D eigenvalue weighted by molar-refractivity contribution is 5.86. The predicted octanol–water partition coefficient (Wildman–Crippen LogP) is 2.90. The largest absolute Gasteiger partial charge is 0.478 e. The maximum atomic E-state index is 10.7. The molecule has 0 aromatic carbocycles. The van der Waals surface area contributed by atoms with E-state index in [2.05, 4.69) is 31.4 Å². The summed E-state index contributed by atoms with van der Waals surface area (Å²) in [6.45, 7) is 15.4. The molecule has 0 radical (unpaired) electrons. The van der Waals surface area contributed by atoms with Crippen molar-refractivity contribution in [3.05, 3.63) is 37.0 Å².